The number of carbonyl (C=O) groups excluding carboxylic acids is 1. The van der Waals surface area contributed by atoms with Crippen LogP contribution in [0.1, 0.15) is 28.9 Å². The zero-order chi connectivity index (χ0) is 16.7. The molecule has 2 aromatic heterocycles. The molecule has 24 heavy (non-hydrogen) atoms. The van der Waals surface area contributed by atoms with E-state index in [1.807, 2.05) is 17.2 Å². The van der Waals surface area contributed by atoms with Gasteiger partial charge in [0.15, 0.2) is 0 Å². The number of hydrogen-bond acceptors (Lipinski definition) is 5. The molecule has 0 bridgehead atoms. The van der Waals surface area contributed by atoms with Gasteiger partial charge in [-0.15, -0.1) is 11.3 Å². The Bertz CT molecular complexity index is 735. The van der Waals surface area contributed by atoms with Gasteiger partial charge in [-0.25, -0.2) is 9.37 Å². The Morgan fingerprint density at radius 2 is 2.33 bits per heavy atom. The number of fused-ring (bicyclic) bond motifs is 1. The maximum Gasteiger partial charge on any atom is 0.228 e. The van der Waals surface area contributed by atoms with Crippen LogP contribution < -0.4 is 0 Å². The lowest BCUT2D eigenvalue weighted by Crippen LogP contribution is -2.32. The molecule has 0 spiro atoms. The highest BCUT2D eigenvalue weighted by Gasteiger charge is 2.44. The van der Waals surface area contributed by atoms with E-state index in [9.17, 15) is 9.18 Å². The largest absolute Gasteiger partial charge is 0.366 e. The second kappa shape index (κ2) is 6.22. The molecule has 126 valence electrons. The van der Waals surface area contributed by atoms with E-state index in [4.69, 9.17) is 4.74 Å². The number of nitrogens with zero attached hydrogens (tertiary/aromatic N) is 3. The van der Waals surface area contributed by atoms with Gasteiger partial charge in [-0.1, -0.05) is 0 Å². The summed E-state index contributed by atoms with van der Waals surface area (Å²) in [5.41, 5.74) is 1.62. The van der Waals surface area contributed by atoms with E-state index in [0.29, 0.717) is 24.7 Å². The number of hydrogen-bond donors (Lipinski definition) is 0. The van der Waals surface area contributed by atoms with Gasteiger partial charge < -0.3 is 9.64 Å². The van der Waals surface area contributed by atoms with Crippen LogP contribution in [-0.4, -0.2) is 40.0 Å². The van der Waals surface area contributed by atoms with Gasteiger partial charge in [0.1, 0.15) is 16.9 Å². The molecular formula is C17H18FN3O2S. The molecule has 0 unspecified atom stereocenters. The van der Waals surface area contributed by atoms with Gasteiger partial charge in [0, 0.05) is 35.8 Å². The summed E-state index contributed by atoms with van der Waals surface area (Å²) in [5.74, 6) is -0.00291. The second-order valence-corrected chi connectivity index (χ2v) is 7.32. The molecule has 4 rings (SSSR count). The summed E-state index contributed by atoms with van der Waals surface area (Å²) in [7, 11) is 0. The summed E-state index contributed by atoms with van der Waals surface area (Å²) in [6.45, 7) is 3.32. The molecule has 2 aromatic rings. The number of thiazole rings is 1. The predicted molar refractivity (Wildman–Crippen MR) is 87.1 cm³/mol. The highest BCUT2D eigenvalue weighted by Crippen LogP contribution is 2.41. The van der Waals surface area contributed by atoms with E-state index in [1.54, 1.807) is 17.4 Å². The van der Waals surface area contributed by atoms with Crippen LogP contribution in [0.5, 0.6) is 0 Å². The molecule has 0 N–H and O–H groups in total. The van der Waals surface area contributed by atoms with Crippen LogP contribution in [0.15, 0.2) is 23.7 Å². The topological polar surface area (TPSA) is 55.3 Å². The van der Waals surface area contributed by atoms with Crippen LogP contribution >= 0.6 is 11.3 Å². The summed E-state index contributed by atoms with van der Waals surface area (Å²) in [5, 5.41) is 3.08. The van der Waals surface area contributed by atoms with E-state index < -0.39 is 5.82 Å². The van der Waals surface area contributed by atoms with Gasteiger partial charge in [0.25, 0.3) is 0 Å². The third-order valence-electron chi connectivity index (χ3n) is 4.62. The number of rotatable bonds is 3. The first-order valence-corrected chi connectivity index (χ1v) is 8.92. The molecule has 2 saturated heterocycles. The molecule has 1 amide bonds. The third kappa shape index (κ3) is 3.06. The lowest BCUT2D eigenvalue weighted by molar-refractivity contribution is -0.130. The van der Waals surface area contributed by atoms with Crippen molar-refractivity contribution < 1.29 is 13.9 Å². The molecule has 2 fully saturated rings. The Morgan fingerprint density at radius 3 is 3.00 bits per heavy atom. The molecule has 0 aliphatic carbocycles. The van der Waals surface area contributed by atoms with E-state index in [-0.39, 0.29) is 24.5 Å². The van der Waals surface area contributed by atoms with E-state index in [0.717, 1.165) is 23.3 Å². The number of carbonyl (C=O) groups is 1. The fourth-order valence-corrected chi connectivity index (χ4v) is 4.27. The van der Waals surface area contributed by atoms with Gasteiger partial charge in [0.2, 0.25) is 5.91 Å². The lowest BCUT2D eigenvalue weighted by Gasteiger charge is -2.18. The van der Waals surface area contributed by atoms with E-state index >= 15 is 0 Å². The molecule has 5 nitrogen and oxygen atoms in total. The maximum absolute atomic E-state index is 12.9. The summed E-state index contributed by atoms with van der Waals surface area (Å²) in [6, 6.07) is 2.89. The first kappa shape index (κ1) is 15.7. The minimum atomic E-state index is -0.390. The van der Waals surface area contributed by atoms with Crippen molar-refractivity contribution in [3.63, 3.8) is 0 Å². The van der Waals surface area contributed by atoms with Crippen molar-refractivity contribution in [3.05, 3.63) is 45.9 Å². The van der Waals surface area contributed by atoms with Crippen molar-refractivity contribution in [2.75, 3.05) is 13.1 Å². The number of aryl methyl sites for hydroxylation is 1. The Labute approximate surface area is 143 Å². The van der Waals surface area contributed by atoms with Gasteiger partial charge in [-0.05, 0) is 25.5 Å². The minimum Gasteiger partial charge on any atom is -0.366 e. The lowest BCUT2D eigenvalue weighted by atomic mass is 10.0. The highest BCUT2D eigenvalue weighted by molar-refractivity contribution is 7.09. The molecule has 2 aliphatic heterocycles. The number of likely N-dealkylation sites (tertiary alicyclic amines) is 1. The molecule has 4 heterocycles. The summed E-state index contributed by atoms with van der Waals surface area (Å²) in [6.07, 6.45) is 2.41. The van der Waals surface area contributed by atoms with Crippen LogP contribution in [0.2, 0.25) is 0 Å². The zero-order valence-electron chi connectivity index (χ0n) is 13.3. The van der Waals surface area contributed by atoms with Gasteiger partial charge in [-0.2, -0.15) is 0 Å². The van der Waals surface area contributed by atoms with Crippen molar-refractivity contribution >= 4 is 17.2 Å². The Kier molecular flexibility index (Phi) is 4.05. The Balaban J connectivity index is 1.35. The predicted octanol–water partition coefficient (Wildman–Crippen LogP) is 2.52. The molecule has 0 saturated carbocycles. The molecule has 3 atom stereocenters. The maximum atomic E-state index is 12.9. The standard InChI is InChI=1S/C17H18FN3O2S/c1-10-9-24-17(20-10)14-4-11-7-21(8-15(11)23-14)16(22)5-13-3-2-12(18)6-19-13/h2-3,6,9,11,14-15H,4-5,7-8H2,1H3/t11-,14-,15+/m0/s1. The first-order chi connectivity index (χ1) is 11.6. The Hall–Kier alpha value is -1.86. The normalized spacial score (nSPS) is 25.9. The monoisotopic (exact) mass is 347 g/mol. The van der Waals surface area contributed by atoms with Crippen LogP contribution in [0.4, 0.5) is 4.39 Å². The second-order valence-electron chi connectivity index (χ2n) is 6.43. The summed E-state index contributed by atoms with van der Waals surface area (Å²) >= 11 is 1.64. The summed E-state index contributed by atoms with van der Waals surface area (Å²) in [4.78, 5) is 22.7. The van der Waals surface area contributed by atoms with Crippen LogP contribution in [0, 0.1) is 18.7 Å². The average molecular weight is 347 g/mol. The fourth-order valence-electron chi connectivity index (χ4n) is 3.42. The minimum absolute atomic E-state index is 0.0220. The number of halogens is 1. The van der Waals surface area contributed by atoms with Crippen molar-refractivity contribution in [1.82, 2.24) is 14.9 Å². The number of ether oxygens (including phenoxy) is 1. The van der Waals surface area contributed by atoms with Crippen LogP contribution in [0.25, 0.3) is 0 Å². The van der Waals surface area contributed by atoms with Crippen molar-refractivity contribution in [2.45, 2.75) is 32.0 Å². The van der Waals surface area contributed by atoms with Gasteiger partial charge in [0.05, 0.1) is 18.7 Å². The highest BCUT2D eigenvalue weighted by atomic mass is 32.1. The molecular weight excluding hydrogens is 329 g/mol. The first-order valence-electron chi connectivity index (χ1n) is 8.04. The average Bonchev–Trinajstić information content (AvgIpc) is 3.23. The Morgan fingerprint density at radius 1 is 1.46 bits per heavy atom. The van der Waals surface area contributed by atoms with Crippen molar-refractivity contribution in [1.29, 1.82) is 0 Å². The smallest absolute Gasteiger partial charge is 0.228 e. The molecule has 7 heteroatoms. The van der Waals surface area contributed by atoms with Gasteiger partial charge in [-0.3, -0.25) is 9.78 Å². The zero-order valence-corrected chi connectivity index (χ0v) is 14.1. The number of aromatic nitrogens is 2. The van der Waals surface area contributed by atoms with E-state index in [2.05, 4.69) is 9.97 Å². The van der Waals surface area contributed by atoms with Crippen molar-refractivity contribution in [2.24, 2.45) is 5.92 Å². The van der Waals surface area contributed by atoms with Crippen molar-refractivity contribution in [3.8, 4) is 0 Å². The fraction of sp³-hybridized carbons (Fsp3) is 0.471. The molecule has 0 radical (unpaired) electrons. The van der Waals surface area contributed by atoms with Crippen LogP contribution in [0.3, 0.4) is 0 Å². The molecule has 2 aliphatic rings. The number of pyridine rings is 1. The quantitative estimate of drug-likeness (QED) is 0.856. The van der Waals surface area contributed by atoms with Crippen LogP contribution in [-0.2, 0) is 16.0 Å². The number of amides is 1. The van der Waals surface area contributed by atoms with Gasteiger partial charge >= 0.3 is 0 Å². The molecule has 0 aromatic carbocycles. The van der Waals surface area contributed by atoms with E-state index in [1.165, 1.54) is 6.07 Å². The SMILES string of the molecule is Cc1csc([C@@H]2C[C@H]3CN(C(=O)Cc4ccc(F)cn4)C[C@H]3O2)n1. The summed E-state index contributed by atoms with van der Waals surface area (Å²) < 4.78 is 19.0. The third-order valence-corrected chi connectivity index (χ3v) is 5.68.